The lowest BCUT2D eigenvalue weighted by Crippen LogP contribution is -2.49. The van der Waals surface area contributed by atoms with Gasteiger partial charge in [-0.15, -0.1) is 6.58 Å². The van der Waals surface area contributed by atoms with Gasteiger partial charge in [0.25, 0.3) is 0 Å². The molecule has 0 aliphatic heterocycles. The monoisotopic (exact) mass is 402 g/mol. The summed E-state index contributed by atoms with van der Waals surface area (Å²) in [7, 11) is -4.07. The van der Waals surface area contributed by atoms with Crippen molar-refractivity contribution in [2.75, 3.05) is 0 Å². The van der Waals surface area contributed by atoms with Crippen molar-refractivity contribution >= 4 is 22.6 Å². The average molecular weight is 403 g/mol. The van der Waals surface area contributed by atoms with Crippen LogP contribution in [-0.2, 0) is 13.6 Å². The smallest absolute Gasteiger partial charge is 0.308 e. The lowest BCUT2D eigenvalue weighted by atomic mass is 9.99. The highest BCUT2D eigenvalue weighted by atomic mass is 28.4. The fraction of sp³-hybridized carbons (Fsp3) is 0.850. The van der Waals surface area contributed by atoms with Crippen LogP contribution in [0.15, 0.2) is 12.7 Å². The molecule has 0 heterocycles. The minimum absolute atomic E-state index is 0.0213. The summed E-state index contributed by atoms with van der Waals surface area (Å²) in [6.07, 6.45) is 1.74. The molecule has 0 aromatic heterocycles. The predicted molar refractivity (Wildman–Crippen MR) is 116 cm³/mol. The van der Waals surface area contributed by atoms with Gasteiger partial charge in [-0.05, 0) is 43.2 Å². The van der Waals surface area contributed by atoms with Crippen LogP contribution in [0.1, 0.15) is 54.9 Å². The number of hydrogen-bond donors (Lipinski definition) is 1. The van der Waals surface area contributed by atoms with E-state index in [1.165, 1.54) is 0 Å². The number of aliphatic carboxylic acids is 1. The van der Waals surface area contributed by atoms with Gasteiger partial charge in [0.15, 0.2) is 16.6 Å². The molecule has 0 aromatic rings. The Kier molecular flexibility index (Phi) is 8.57. The van der Waals surface area contributed by atoms with Crippen molar-refractivity contribution in [3.8, 4) is 0 Å². The zero-order valence-corrected chi connectivity index (χ0v) is 20.9. The second kappa shape index (κ2) is 8.71. The Morgan fingerprint density at radius 1 is 1.00 bits per heavy atom. The van der Waals surface area contributed by atoms with Crippen molar-refractivity contribution in [1.29, 1.82) is 0 Å². The molecule has 0 aliphatic carbocycles. The van der Waals surface area contributed by atoms with Gasteiger partial charge in [0.1, 0.15) is 0 Å². The topological polar surface area (TPSA) is 55.8 Å². The van der Waals surface area contributed by atoms with Crippen molar-refractivity contribution in [3.05, 3.63) is 12.7 Å². The zero-order valence-electron chi connectivity index (χ0n) is 18.9. The number of rotatable bonds is 9. The summed E-state index contributed by atoms with van der Waals surface area (Å²) < 4.78 is 13.0. The van der Waals surface area contributed by atoms with Gasteiger partial charge in [-0.1, -0.05) is 47.6 Å². The molecule has 0 bridgehead atoms. The van der Waals surface area contributed by atoms with E-state index >= 15 is 0 Å². The van der Waals surface area contributed by atoms with Crippen LogP contribution in [0, 0.1) is 5.92 Å². The van der Waals surface area contributed by atoms with Crippen LogP contribution in [-0.4, -0.2) is 39.9 Å². The summed E-state index contributed by atoms with van der Waals surface area (Å²) in [5.74, 6) is -1.42. The second-order valence-corrected chi connectivity index (χ2v) is 19.9. The first kappa shape index (κ1) is 25.6. The molecule has 26 heavy (non-hydrogen) atoms. The van der Waals surface area contributed by atoms with E-state index in [0.29, 0.717) is 6.42 Å². The Bertz CT molecular complexity index is 487. The lowest BCUT2D eigenvalue weighted by Gasteiger charge is -2.42. The van der Waals surface area contributed by atoms with Gasteiger partial charge in [-0.2, -0.15) is 0 Å². The maximum atomic E-state index is 11.7. The Hall–Kier alpha value is -0.436. The lowest BCUT2D eigenvalue weighted by molar-refractivity contribution is -0.144. The standard InChI is InChI=1S/C20H42O4Si2/c1-13-16(23-25(9,10)19(3,4)5)14-17(15(2)18(21)22)24-26(11,12)20(6,7)8/h13,15-17H,1,14H2,2-12H3,(H,21,22)/t15-,16-,17+/m1/s1. The molecule has 6 heteroatoms. The first-order chi connectivity index (χ1) is 11.4. The molecular weight excluding hydrogens is 360 g/mol. The molecule has 0 amide bonds. The molecule has 0 aliphatic rings. The quantitative estimate of drug-likeness (QED) is 0.376. The summed E-state index contributed by atoms with van der Waals surface area (Å²) in [5, 5.41) is 9.68. The molecule has 0 saturated heterocycles. The van der Waals surface area contributed by atoms with Crippen LogP contribution in [0.25, 0.3) is 0 Å². The van der Waals surface area contributed by atoms with E-state index in [4.69, 9.17) is 8.85 Å². The molecule has 0 unspecified atom stereocenters. The maximum Gasteiger partial charge on any atom is 0.308 e. The third-order valence-corrected chi connectivity index (χ3v) is 15.2. The van der Waals surface area contributed by atoms with E-state index < -0.39 is 28.5 Å². The fourth-order valence-corrected chi connectivity index (χ4v) is 4.76. The second-order valence-electron chi connectivity index (χ2n) is 10.4. The van der Waals surface area contributed by atoms with E-state index in [0.717, 1.165) is 0 Å². The van der Waals surface area contributed by atoms with Crippen molar-refractivity contribution in [2.45, 2.75) is 103 Å². The summed E-state index contributed by atoms with van der Waals surface area (Å²) in [6.45, 7) is 27.5. The molecule has 0 radical (unpaired) electrons. The number of hydrogen-bond acceptors (Lipinski definition) is 3. The number of carbonyl (C=O) groups is 1. The Labute approximate surface area is 163 Å². The first-order valence-corrected chi connectivity index (χ1v) is 15.4. The molecule has 3 atom stereocenters. The van der Waals surface area contributed by atoms with Crippen LogP contribution >= 0.6 is 0 Å². The highest BCUT2D eigenvalue weighted by molar-refractivity contribution is 6.74. The van der Waals surface area contributed by atoms with E-state index in [9.17, 15) is 9.90 Å². The van der Waals surface area contributed by atoms with Gasteiger partial charge in [-0.25, -0.2) is 0 Å². The van der Waals surface area contributed by atoms with Crippen LogP contribution in [0.2, 0.25) is 36.3 Å². The first-order valence-electron chi connectivity index (χ1n) is 9.56. The number of carboxylic acid groups (broad SMARTS) is 1. The molecule has 0 fully saturated rings. The molecule has 0 aromatic carbocycles. The Morgan fingerprint density at radius 2 is 1.38 bits per heavy atom. The molecule has 154 valence electrons. The molecule has 0 saturated carbocycles. The molecular formula is C20H42O4Si2. The van der Waals surface area contributed by atoms with Gasteiger partial charge < -0.3 is 14.0 Å². The van der Waals surface area contributed by atoms with Crippen molar-refractivity contribution in [2.24, 2.45) is 5.92 Å². The molecule has 0 spiro atoms. The molecule has 1 N–H and O–H groups in total. The van der Waals surface area contributed by atoms with E-state index in [-0.39, 0.29) is 22.3 Å². The van der Waals surface area contributed by atoms with E-state index in [2.05, 4.69) is 74.3 Å². The summed E-state index contributed by atoms with van der Waals surface area (Å²) >= 11 is 0. The summed E-state index contributed by atoms with van der Waals surface area (Å²) in [6, 6.07) is 0. The van der Waals surface area contributed by atoms with Crippen LogP contribution in [0.3, 0.4) is 0 Å². The Morgan fingerprint density at radius 3 is 1.69 bits per heavy atom. The van der Waals surface area contributed by atoms with Gasteiger partial charge in [0.2, 0.25) is 0 Å². The predicted octanol–water partition coefficient (Wildman–Crippen LogP) is 6.06. The van der Waals surface area contributed by atoms with E-state index in [1.807, 2.05) is 0 Å². The maximum absolute atomic E-state index is 11.7. The normalized spacial score (nSPS) is 17.5. The minimum Gasteiger partial charge on any atom is -0.481 e. The zero-order chi connectivity index (χ0) is 21.1. The van der Waals surface area contributed by atoms with Gasteiger partial charge in [-0.3, -0.25) is 4.79 Å². The van der Waals surface area contributed by atoms with Crippen LogP contribution in [0.5, 0.6) is 0 Å². The third-order valence-electron chi connectivity index (χ3n) is 6.18. The Balaban J connectivity index is 5.53. The minimum atomic E-state index is -2.09. The van der Waals surface area contributed by atoms with Gasteiger partial charge in [0, 0.05) is 6.42 Å². The average Bonchev–Trinajstić information content (AvgIpc) is 2.41. The largest absolute Gasteiger partial charge is 0.481 e. The van der Waals surface area contributed by atoms with Crippen molar-refractivity contribution in [1.82, 2.24) is 0 Å². The summed E-state index contributed by atoms with van der Waals surface area (Å²) in [4.78, 5) is 11.7. The van der Waals surface area contributed by atoms with Gasteiger partial charge >= 0.3 is 5.97 Å². The number of carboxylic acids is 1. The summed E-state index contributed by atoms with van der Waals surface area (Å²) in [5.41, 5.74) is 0. The van der Waals surface area contributed by atoms with Gasteiger partial charge in [0.05, 0.1) is 18.1 Å². The highest BCUT2D eigenvalue weighted by Crippen LogP contribution is 2.40. The fourth-order valence-electron chi connectivity index (χ4n) is 2.05. The van der Waals surface area contributed by atoms with Crippen molar-refractivity contribution < 1.29 is 18.8 Å². The SMILES string of the molecule is C=C[C@H](C[C@H](O[Si](C)(C)C(C)(C)C)[C@@H](C)C(=O)O)O[Si](C)(C)C(C)(C)C. The highest BCUT2D eigenvalue weighted by Gasteiger charge is 2.43. The van der Waals surface area contributed by atoms with E-state index in [1.54, 1.807) is 13.0 Å². The van der Waals surface area contributed by atoms with Crippen LogP contribution < -0.4 is 0 Å². The van der Waals surface area contributed by atoms with Crippen LogP contribution in [0.4, 0.5) is 0 Å². The molecule has 4 nitrogen and oxygen atoms in total. The third kappa shape index (κ3) is 6.94. The molecule has 0 rings (SSSR count). The van der Waals surface area contributed by atoms with Crippen molar-refractivity contribution in [3.63, 3.8) is 0 Å².